The third-order valence-corrected chi connectivity index (χ3v) is 3.58. The molecule has 1 N–H and O–H groups in total. The first-order valence-corrected chi connectivity index (χ1v) is 6.88. The maximum absolute atomic E-state index is 11.1. The zero-order chi connectivity index (χ0) is 14.8. The van der Waals surface area contributed by atoms with Gasteiger partial charge in [0.1, 0.15) is 0 Å². The molecule has 2 rings (SSSR count). The van der Waals surface area contributed by atoms with Crippen LogP contribution in [-0.4, -0.2) is 11.1 Å². The van der Waals surface area contributed by atoms with Gasteiger partial charge in [0, 0.05) is 0 Å². The van der Waals surface area contributed by atoms with Crippen LogP contribution in [-0.2, 0) is 11.2 Å². The molecule has 0 fully saturated rings. The summed E-state index contributed by atoms with van der Waals surface area (Å²) in [5.74, 6) is -0.817. The molecule has 0 saturated heterocycles. The first-order valence-electron chi connectivity index (χ1n) is 6.88. The number of aryl methyl sites for hydroxylation is 1. The second kappa shape index (κ2) is 5.49. The van der Waals surface area contributed by atoms with Crippen molar-refractivity contribution in [2.24, 2.45) is 5.41 Å². The molecule has 0 heterocycles. The van der Waals surface area contributed by atoms with Gasteiger partial charge in [0.15, 0.2) is 0 Å². The van der Waals surface area contributed by atoms with Crippen LogP contribution in [0.1, 0.15) is 31.9 Å². The molecule has 0 radical (unpaired) electrons. The molecule has 0 bridgehead atoms. The molecule has 0 spiro atoms. The van der Waals surface area contributed by atoms with Crippen molar-refractivity contribution in [2.75, 3.05) is 0 Å². The van der Waals surface area contributed by atoms with Gasteiger partial charge in [-0.05, 0) is 48.2 Å². The molecule has 0 aromatic heterocycles. The van der Waals surface area contributed by atoms with Crippen molar-refractivity contribution < 1.29 is 9.90 Å². The van der Waals surface area contributed by atoms with Crippen molar-refractivity contribution in [1.29, 1.82) is 0 Å². The van der Waals surface area contributed by atoms with E-state index >= 15 is 0 Å². The van der Waals surface area contributed by atoms with Gasteiger partial charge in [0.2, 0.25) is 0 Å². The highest BCUT2D eigenvalue weighted by molar-refractivity contribution is 5.86. The van der Waals surface area contributed by atoms with Crippen LogP contribution in [0.4, 0.5) is 0 Å². The van der Waals surface area contributed by atoms with Crippen molar-refractivity contribution in [2.45, 2.75) is 27.2 Å². The Bertz CT molecular complexity index is 666. The quantitative estimate of drug-likeness (QED) is 0.884. The molecule has 104 valence electrons. The second-order valence-electron chi connectivity index (χ2n) is 5.65. The summed E-state index contributed by atoms with van der Waals surface area (Å²) < 4.78 is 0. The van der Waals surface area contributed by atoms with Crippen molar-refractivity contribution >= 4 is 22.8 Å². The first-order chi connectivity index (χ1) is 9.42. The highest BCUT2D eigenvalue weighted by Gasteiger charge is 2.22. The van der Waals surface area contributed by atoms with Crippen LogP contribution in [0, 0.1) is 5.41 Å². The molecule has 0 saturated carbocycles. The van der Waals surface area contributed by atoms with Gasteiger partial charge in [-0.3, -0.25) is 4.79 Å². The van der Waals surface area contributed by atoms with Crippen LogP contribution in [0.3, 0.4) is 0 Å². The summed E-state index contributed by atoms with van der Waals surface area (Å²) in [6.45, 7) is 5.53. The van der Waals surface area contributed by atoms with E-state index in [2.05, 4.69) is 37.3 Å². The monoisotopic (exact) mass is 268 g/mol. The topological polar surface area (TPSA) is 37.3 Å². The van der Waals surface area contributed by atoms with Gasteiger partial charge in [-0.2, -0.15) is 0 Å². The molecule has 0 atom stereocenters. The summed E-state index contributed by atoms with van der Waals surface area (Å²) in [6, 6.07) is 12.6. The SMILES string of the molecule is CCc1ccc2ccc(/C=C/C(C)(C)C(=O)O)cc2c1. The summed E-state index contributed by atoms with van der Waals surface area (Å²) in [7, 11) is 0. The third kappa shape index (κ3) is 3.08. The van der Waals surface area contributed by atoms with Crippen LogP contribution in [0.2, 0.25) is 0 Å². The number of carboxylic acid groups (broad SMARTS) is 1. The Balaban J connectivity index is 2.36. The van der Waals surface area contributed by atoms with E-state index in [9.17, 15) is 4.79 Å². The van der Waals surface area contributed by atoms with Gasteiger partial charge in [0.25, 0.3) is 0 Å². The Labute approximate surface area is 119 Å². The number of hydrogen-bond donors (Lipinski definition) is 1. The Hall–Kier alpha value is -2.09. The molecule has 0 aliphatic heterocycles. The maximum Gasteiger partial charge on any atom is 0.312 e. The van der Waals surface area contributed by atoms with Gasteiger partial charge < -0.3 is 5.11 Å². The molecule has 2 aromatic rings. The zero-order valence-corrected chi connectivity index (χ0v) is 12.2. The lowest BCUT2D eigenvalue weighted by Crippen LogP contribution is -2.20. The third-order valence-electron chi connectivity index (χ3n) is 3.58. The number of carbonyl (C=O) groups is 1. The number of hydrogen-bond acceptors (Lipinski definition) is 1. The molecule has 2 aromatic carbocycles. The lowest BCUT2D eigenvalue weighted by molar-refractivity contribution is -0.144. The largest absolute Gasteiger partial charge is 0.481 e. The molecule has 20 heavy (non-hydrogen) atoms. The Kier molecular flexibility index (Phi) is 3.93. The smallest absolute Gasteiger partial charge is 0.312 e. The lowest BCUT2D eigenvalue weighted by Gasteiger charge is -2.13. The number of fused-ring (bicyclic) bond motifs is 1. The summed E-state index contributed by atoms with van der Waals surface area (Å²) in [5.41, 5.74) is 1.49. The Morgan fingerprint density at radius 2 is 1.85 bits per heavy atom. The van der Waals surface area contributed by atoms with E-state index in [1.807, 2.05) is 12.1 Å². The van der Waals surface area contributed by atoms with Crippen LogP contribution in [0.15, 0.2) is 42.5 Å². The van der Waals surface area contributed by atoms with Crippen molar-refractivity contribution in [3.8, 4) is 0 Å². The van der Waals surface area contributed by atoms with Crippen LogP contribution >= 0.6 is 0 Å². The van der Waals surface area contributed by atoms with E-state index in [0.717, 1.165) is 12.0 Å². The van der Waals surface area contributed by atoms with Crippen LogP contribution in [0.5, 0.6) is 0 Å². The minimum atomic E-state index is -0.847. The molecular weight excluding hydrogens is 248 g/mol. The molecule has 0 unspecified atom stereocenters. The molecule has 2 nitrogen and oxygen atoms in total. The number of rotatable bonds is 4. The van der Waals surface area contributed by atoms with Gasteiger partial charge in [0.05, 0.1) is 5.41 Å². The normalized spacial score (nSPS) is 12.2. The summed E-state index contributed by atoms with van der Waals surface area (Å²) >= 11 is 0. The molecule has 0 aliphatic rings. The van der Waals surface area contributed by atoms with Gasteiger partial charge in [-0.25, -0.2) is 0 Å². The predicted molar refractivity (Wildman–Crippen MR) is 83.8 cm³/mol. The minimum Gasteiger partial charge on any atom is -0.481 e. The highest BCUT2D eigenvalue weighted by Crippen LogP contribution is 2.22. The van der Waals surface area contributed by atoms with E-state index in [4.69, 9.17) is 5.11 Å². The zero-order valence-electron chi connectivity index (χ0n) is 12.2. The van der Waals surface area contributed by atoms with Crippen molar-refractivity contribution in [1.82, 2.24) is 0 Å². The first kappa shape index (κ1) is 14.3. The summed E-state index contributed by atoms with van der Waals surface area (Å²) in [4.78, 5) is 11.1. The highest BCUT2D eigenvalue weighted by atomic mass is 16.4. The molecule has 0 aliphatic carbocycles. The molecular formula is C18H20O2. The fraction of sp³-hybridized carbons (Fsp3) is 0.278. The van der Waals surface area contributed by atoms with Crippen molar-refractivity contribution in [3.05, 3.63) is 53.6 Å². The van der Waals surface area contributed by atoms with E-state index < -0.39 is 11.4 Å². The summed E-state index contributed by atoms with van der Waals surface area (Å²) in [5, 5.41) is 11.5. The average molecular weight is 268 g/mol. The van der Waals surface area contributed by atoms with E-state index in [1.165, 1.54) is 16.3 Å². The Morgan fingerprint density at radius 1 is 1.15 bits per heavy atom. The number of aliphatic carboxylic acids is 1. The lowest BCUT2D eigenvalue weighted by atomic mass is 9.92. The fourth-order valence-electron chi connectivity index (χ4n) is 2.01. The van der Waals surface area contributed by atoms with Crippen molar-refractivity contribution in [3.63, 3.8) is 0 Å². The Morgan fingerprint density at radius 3 is 2.50 bits per heavy atom. The van der Waals surface area contributed by atoms with Crippen LogP contribution in [0.25, 0.3) is 16.8 Å². The van der Waals surface area contributed by atoms with Gasteiger partial charge >= 0.3 is 5.97 Å². The fourth-order valence-corrected chi connectivity index (χ4v) is 2.01. The van der Waals surface area contributed by atoms with E-state index in [1.54, 1.807) is 19.9 Å². The second-order valence-corrected chi connectivity index (χ2v) is 5.65. The van der Waals surface area contributed by atoms with Crippen LogP contribution < -0.4 is 0 Å². The number of benzene rings is 2. The van der Waals surface area contributed by atoms with Gasteiger partial charge in [-0.1, -0.05) is 49.4 Å². The summed E-state index contributed by atoms with van der Waals surface area (Å²) in [6.07, 6.45) is 4.63. The molecule has 2 heteroatoms. The van der Waals surface area contributed by atoms with Gasteiger partial charge in [-0.15, -0.1) is 0 Å². The van der Waals surface area contributed by atoms with E-state index in [0.29, 0.717) is 0 Å². The number of carboxylic acids is 1. The van der Waals surface area contributed by atoms with E-state index in [-0.39, 0.29) is 0 Å². The standard InChI is InChI=1S/C18H20O2/c1-4-13-5-7-15-8-6-14(12-16(15)11-13)9-10-18(2,3)17(19)20/h5-12H,4H2,1-3H3,(H,19,20)/b10-9+. The molecule has 0 amide bonds. The average Bonchev–Trinajstić information content (AvgIpc) is 2.44. The minimum absolute atomic E-state index is 0.817. The maximum atomic E-state index is 11.1. The predicted octanol–water partition coefficient (Wildman–Crippen LogP) is 4.53.